The van der Waals surface area contributed by atoms with Crippen LogP contribution in [0.1, 0.15) is 24.2 Å². The average molecular weight is 397 g/mol. The maximum atomic E-state index is 12.5. The first-order valence-corrected chi connectivity index (χ1v) is 9.37. The molecule has 1 heterocycles. The molecular formula is C19H19N5O3S. The highest BCUT2D eigenvalue weighted by molar-refractivity contribution is 8.00. The van der Waals surface area contributed by atoms with Gasteiger partial charge in [-0.2, -0.15) is 4.68 Å². The third-order valence-electron chi connectivity index (χ3n) is 3.97. The van der Waals surface area contributed by atoms with Crippen molar-refractivity contribution in [3.8, 4) is 11.4 Å². The molecule has 0 aliphatic carbocycles. The maximum absolute atomic E-state index is 12.5. The fraction of sp³-hybridized carbons (Fsp3) is 0.211. The third kappa shape index (κ3) is 4.55. The summed E-state index contributed by atoms with van der Waals surface area (Å²) in [5, 5.41) is 14.6. The number of amides is 1. The van der Waals surface area contributed by atoms with Gasteiger partial charge in [0.1, 0.15) is 5.75 Å². The quantitative estimate of drug-likeness (QED) is 0.483. The Morgan fingerprint density at radius 2 is 1.79 bits per heavy atom. The van der Waals surface area contributed by atoms with Gasteiger partial charge in [-0.25, -0.2) is 0 Å². The van der Waals surface area contributed by atoms with Gasteiger partial charge in [0.15, 0.2) is 5.78 Å². The highest BCUT2D eigenvalue weighted by atomic mass is 32.2. The molecule has 1 aromatic heterocycles. The van der Waals surface area contributed by atoms with Crippen molar-refractivity contribution in [3.63, 3.8) is 0 Å². The van der Waals surface area contributed by atoms with Crippen LogP contribution in [0.3, 0.4) is 0 Å². The largest absolute Gasteiger partial charge is 0.497 e. The maximum Gasteiger partial charge on any atom is 0.237 e. The summed E-state index contributed by atoms with van der Waals surface area (Å²) in [6.45, 7) is 3.27. The van der Waals surface area contributed by atoms with Gasteiger partial charge >= 0.3 is 0 Å². The lowest BCUT2D eigenvalue weighted by Gasteiger charge is -2.12. The molecule has 144 valence electrons. The van der Waals surface area contributed by atoms with Gasteiger partial charge < -0.3 is 10.1 Å². The normalized spacial score (nSPS) is 11.7. The molecule has 1 N–H and O–H groups in total. The van der Waals surface area contributed by atoms with Crippen LogP contribution in [-0.2, 0) is 4.79 Å². The lowest BCUT2D eigenvalue weighted by atomic mass is 10.1. The van der Waals surface area contributed by atoms with Gasteiger partial charge in [-0.3, -0.25) is 9.59 Å². The molecule has 3 aromatic rings. The van der Waals surface area contributed by atoms with E-state index in [4.69, 9.17) is 4.74 Å². The Morgan fingerprint density at radius 1 is 1.11 bits per heavy atom. The Kier molecular flexibility index (Phi) is 6.05. The van der Waals surface area contributed by atoms with E-state index in [2.05, 4.69) is 20.8 Å². The van der Waals surface area contributed by atoms with Crippen molar-refractivity contribution in [2.45, 2.75) is 24.3 Å². The van der Waals surface area contributed by atoms with Gasteiger partial charge in [-0.05, 0) is 72.8 Å². The summed E-state index contributed by atoms with van der Waals surface area (Å²) in [5.41, 5.74) is 1.98. The third-order valence-corrected chi connectivity index (χ3v) is 5.00. The molecule has 2 aromatic carbocycles. The molecule has 0 radical (unpaired) electrons. The van der Waals surface area contributed by atoms with Crippen LogP contribution in [0.15, 0.2) is 53.7 Å². The predicted molar refractivity (Wildman–Crippen MR) is 106 cm³/mol. The average Bonchev–Trinajstić information content (AvgIpc) is 3.16. The second kappa shape index (κ2) is 8.66. The minimum atomic E-state index is -0.435. The van der Waals surface area contributed by atoms with E-state index in [-0.39, 0.29) is 11.7 Å². The van der Waals surface area contributed by atoms with E-state index in [0.29, 0.717) is 16.4 Å². The topological polar surface area (TPSA) is 99.0 Å². The number of carbonyl (C=O) groups excluding carboxylic acids is 2. The molecule has 1 unspecified atom stereocenters. The first-order valence-electron chi connectivity index (χ1n) is 8.49. The molecule has 1 amide bonds. The number of thioether (sulfide) groups is 1. The van der Waals surface area contributed by atoms with Crippen LogP contribution in [0.2, 0.25) is 0 Å². The number of nitrogens with zero attached hydrogens (tertiary/aromatic N) is 4. The van der Waals surface area contributed by atoms with E-state index in [0.717, 1.165) is 11.4 Å². The summed E-state index contributed by atoms with van der Waals surface area (Å²) in [4.78, 5) is 23.8. The number of benzene rings is 2. The number of anilines is 1. The summed E-state index contributed by atoms with van der Waals surface area (Å²) < 4.78 is 6.72. The molecule has 0 spiro atoms. The number of hydrogen-bond acceptors (Lipinski definition) is 7. The van der Waals surface area contributed by atoms with Gasteiger partial charge in [0.2, 0.25) is 11.1 Å². The van der Waals surface area contributed by atoms with Crippen LogP contribution in [0.5, 0.6) is 5.75 Å². The zero-order valence-corrected chi connectivity index (χ0v) is 16.4. The van der Waals surface area contributed by atoms with Crippen molar-refractivity contribution in [1.82, 2.24) is 20.2 Å². The minimum absolute atomic E-state index is 0.0211. The van der Waals surface area contributed by atoms with E-state index in [9.17, 15) is 9.59 Å². The monoisotopic (exact) mass is 397 g/mol. The van der Waals surface area contributed by atoms with Crippen molar-refractivity contribution < 1.29 is 14.3 Å². The number of hydrogen-bond donors (Lipinski definition) is 1. The molecule has 0 saturated heterocycles. The Hall–Kier alpha value is -3.20. The summed E-state index contributed by atoms with van der Waals surface area (Å²) in [6.07, 6.45) is 0. The van der Waals surface area contributed by atoms with Crippen molar-refractivity contribution >= 4 is 29.1 Å². The van der Waals surface area contributed by atoms with Crippen molar-refractivity contribution in [1.29, 1.82) is 0 Å². The fourth-order valence-electron chi connectivity index (χ4n) is 2.38. The number of methoxy groups -OCH3 is 1. The molecule has 28 heavy (non-hydrogen) atoms. The molecule has 0 aliphatic heterocycles. The zero-order valence-electron chi connectivity index (χ0n) is 15.6. The van der Waals surface area contributed by atoms with E-state index >= 15 is 0 Å². The van der Waals surface area contributed by atoms with E-state index < -0.39 is 5.25 Å². The van der Waals surface area contributed by atoms with Crippen LogP contribution in [-0.4, -0.2) is 44.3 Å². The lowest BCUT2D eigenvalue weighted by molar-refractivity contribution is -0.115. The molecule has 1 atom stereocenters. The molecule has 8 nitrogen and oxygen atoms in total. The molecule has 0 fully saturated rings. The van der Waals surface area contributed by atoms with Crippen LogP contribution >= 0.6 is 11.8 Å². The number of ketones is 1. The first-order chi connectivity index (χ1) is 13.5. The number of ether oxygens (including phenoxy) is 1. The standard InChI is InChI=1S/C19H19N5O3S/c1-12(25)14-4-6-15(7-5-14)20-18(26)13(2)28-19-21-22-23-24(19)16-8-10-17(27-3)11-9-16/h4-11,13H,1-3H3,(H,20,26). The number of nitrogens with one attached hydrogen (secondary N) is 1. The Bertz CT molecular complexity index is 970. The van der Waals surface area contributed by atoms with Crippen molar-refractivity contribution in [2.75, 3.05) is 12.4 Å². The number of rotatable bonds is 7. The minimum Gasteiger partial charge on any atom is -0.497 e. The van der Waals surface area contributed by atoms with E-state index in [1.807, 2.05) is 24.3 Å². The van der Waals surface area contributed by atoms with E-state index in [1.165, 1.54) is 18.7 Å². The SMILES string of the molecule is COc1ccc(-n2nnnc2SC(C)C(=O)Nc2ccc(C(C)=O)cc2)cc1. The molecule has 0 aliphatic rings. The predicted octanol–water partition coefficient (Wildman–Crippen LogP) is 2.99. The second-order valence-electron chi connectivity index (χ2n) is 5.95. The molecule has 3 rings (SSSR count). The number of Topliss-reactive ketones (excluding diaryl/α,β-unsaturated/α-hetero) is 1. The van der Waals surface area contributed by atoms with E-state index in [1.54, 1.807) is 43.0 Å². The van der Waals surface area contributed by atoms with Gasteiger partial charge in [0.05, 0.1) is 18.0 Å². The molecule has 9 heteroatoms. The molecular weight excluding hydrogens is 378 g/mol. The lowest BCUT2D eigenvalue weighted by Crippen LogP contribution is -2.23. The fourth-order valence-corrected chi connectivity index (χ4v) is 3.19. The smallest absolute Gasteiger partial charge is 0.237 e. The summed E-state index contributed by atoms with van der Waals surface area (Å²) in [7, 11) is 1.60. The van der Waals surface area contributed by atoms with Crippen LogP contribution in [0.25, 0.3) is 5.69 Å². The highest BCUT2D eigenvalue weighted by Gasteiger charge is 2.19. The van der Waals surface area contributed by atoms with Crippen LogP contribution in [0.4, 0.5) is 5.69 Å². The summed E-state index contributed by atoms with van der Waals surface area (Å²) in [6, 6.07) is 14.1. The van der Waals surface area contributed by atoms with Gasteiger partial charge in [-0.15, -0.1) is 5.10 Å². The first kappa shape index (κ1) is 19.6. The summed E-state index contributed by atoms with van der Waals surface area (Å²) >= 11 is 1.25. The Balaban J connectivity index is 1.67. The van der Waals surface area contributed by atoms with Crippen LogP contribution < -0.4 is 10.1 Å². The Morgan fingerprint density at radius 3 is 2.39 bits per heavy atom. The molecule has 0 bridgehead atoms. The highest BCUT2D eigenvalue weighted by Crippen LogP contribution is 2.25. The number of tetrazole rings is 1. The van der Waals surface area contributed by atoms with Gasteiger partial charge in [-0.1, -0.05) is 11.8 Å². The van der Waals surface area contributed by atoms with Crippen molar-refractivity contribution in [2.24, 2.45) is 0 Å². The number of aromatic nitrogens is 4. The van der Waals surface area contributed by atoms with Crippen molar-refractivity contribution in [3.05, 3.63) is 54.1 Å². The molecule has 0 saturated carbocycles. The van der Waals surface area contributed by atoms with Gasteiger partial charge in [0, 0.05) is 11.3 Å². The number of carbonyl (C=O) groups is 2. The zero-order chi connectivity index (χ0) is 20.1. The Labute approximate surface area is 166 Å². The van der Waals surface area contributed by atoms with Crippen LogP contribution in [0, 0.1) is 0 Å². The second-order valence-corrected chi connectivity index (χ2v) is 7.26. The van der Waals surface area contributed by atoms with Gasteiger partial charge in [0.25, 0.3) is 0 Å². The summed E-state index contributed by atoms with van der Waals surface area (Å²) in [5.74, 6) is 0.520.